The van der Waals surface area contributed by atoms with Crippen LogP contribution < -0.4 is 5.14 Å². The van der Waals surface area contributed by atoms with Crippen LogP contribution in [0.1, 0.15) is 78.3 Å². The minimum atomic E-state index is -4.06. The molecule has 0 saturated carbocycles. The number of aromatic nitrogens is 2. The van der Waals surface area contributed by atoms with Crippen LogP contribution >= 0.6 is 11.6 Å². The van der Waals surface area contributed by atoms with E-state index < -0.39 is 10.0 Å². The number of para-hydroxylation sites is 2. The Bertz CT molecular complexity index is 1910. The van der Waals surface area contributed by atoms with Crippen molar-refractivity contribution >= 4 is 38.6 Å². The number of amides is 1. The van der Waals surface area contributed by atoms with Crippen LogP contribution in [0.25, 0.3) is 11.0 Å². The van der Waals surface area contributed by atoms with Gasteiger partial charge in [-0.15, -0.1) is 0 Å². The quantitative estimate of drug-likeness (QED) is 0.252. The molecule has 4 heterocycles. The molecule has 3 atom stereocenters. The summed E-state index contributed by atoms with van der Waals surface area (Å²) in [6.07, 6.45) is 7.17. The van der Waals surface area contributed by atoms with Gasteiger partial charge < -0.3 is 14.6 Å². The fraction of sp³-hybridized carbons (Fsp3) is 0.444. The van der Waals surface area contributed by atoms with Gasteiger partial charge in [-0.25, -0.2) is 18.5 Å². The van der Waals surface area contributed by atoms with Crippen LogP contribution in [0.4, 0.5) is 0 Å². The first-order valence-electron chi connectivity index (χ1n) is 16.6. The average Bonchev–Trinajstić information content (AvgIpc) is 3.53. The van der Waals surface area contributed by atoms with Gasteiger partial charge in [-0.1, -0.05) is 48.0 Å². The topological polar surface area (TPSA) is 122 Å². The van der Waals surface area contributed by atoms with E-state index in [2.05, 4.69) is 52.8 Å². The highest BCUT2D eigenvalue weighted by atomic mass is 35.5. The molecule has 1 aromatic heterocycles. The number of halogens is 1. The van der Waals surface area contributed by atoms with Gasteiger partial charge in [0.15, 0.2) is 0 Å². The zero-order valence-electron chi connectivity index (χ0n) is 26.7. The molecule has 2 bridgehead atoms. The number of carbonyl (C=O) groups excluding carboxylic acids is 1. The third kappa shape index (κ3) is 6.10. The summed E-state index contributed by atoms with van der Waals surface area (Å²) in [4.78, 5) is 22.7. The normalized spacial score (nSPS) is 23.0. The van der Waals surface area contributed by atoms with E-state index in [-0.39, 0.29) is 33.4 Å². The third-order valence-electron chi connectivity index (χ3n) is 11.1. The van der Waals surface area contributed by atoms with Crippen molar-refractivity contribution in [3.05, 3.63) is 94.3 Å². The maximum atomic E-state index is 13.6. The molecule has 9 nitrogen and oxygen atoms in total. The number of sulfonamides is 1. The first-order valence-corrected chi connectivity index (χ1v) is 18.5. The molecule has 0 aliphatic carbocycles. The number of rotatable bonds is 8. The highest BCUT2D eigenvalue weighted by Gasteiger charge is 2.44. The molecule has 0 spiro atoms. The summed E-state index contributed by atoms with van der Waals surface area (Å²) in [6, 6.07) is 22.5. The lowest BCUT2D eigenvalue weighted by Crippen LogP contribution is -2.49. The fourth-order valence-corrected chi connectivity index (χ4v) is 9.72. The van der Waals surface area contributed by atoms with E-state index >= 15 is 0 Å². The van der Waals surface area contributed by atoms with Gasteiger partial charge in [-0.2, -0.15) is 0 Å². The van der Waals surface area contributed by atoms with Crippen LogP contribution in [-0.4, -0.2) is 70.5 Å². The molecule has 1 unspecified atom stereocenters. The van der Waals surface area contributed by atoms with Crippen molar-refractivity contribution < 1.29 is 18.3 Å². The Balaban J connectivity index is 1.09. The van der Waals surface area contributed by atoms with E-state index in [4.69, 9.17) is 21.7 Å². The zero-order chi connectivity index (χ0) is 32.9. The van der Waals surface area contributed by atoms with Crippen molar-refractivity contribution in [1.29, 1.82) is 0 Å². The molecule has 3 aliphatic rings. The summed E-state index contributed by atoms with van der Waals surface area (Å²) in [5.41, 5.74) is 4.50. The predicted molar refractivity (Wildman–Crippen MR) is 183 cm³/mol. The van der Waals surface area contributed by atoms with Gasteiger partial charge in [0.2, 0.25) is 10.0 Å². The van der Waals surface area contributed by atoms with Gasteiger partial charge in [0.25, 0.3) is 5.91 Å². The van der Waals surface area contributed by atoms with Crippen molar-refractivity contribution in [2.24, 2.45) is 5.14 Å². The number of likely N-dealkylation sites (tertiary alicyclic amines) is 1. The van der Waals surface area contributed by atoms with Crippen molar-refractivity contribution in [1.82, 2.24) is 19.4 Å². The second-order valence-corrected chi connectivity index (χ2v) is 15.6. The van der Waals surface area contributed by atoms with E-state index in [1.54, 1.807) is 11.0 Å². The summed E-state index contributed by atoms with van der Waals surface area (Å²) in [7, 11) is -4.06. The number of imidazole rings is 1. The minimum Gasteiger partial charge on any atom is -0.392 e. The number of piperidine rings is 2. The number of aliphatic hydroxyl groups excluding tert-OH is 1. The Morgan fingerprint density at radius 1 is 1.00 bits per heavy atom. The number of hydrogen-bond donors (Lipinski definition) is 2. The monoisotopic (exact) mass is 675 g/mol. The first-order chi connectivity index (χ1) is 22.6. The number of carbonyl (C=O) groups is 1. The molecule has 11 heteroatoms. The number of nitrogens with two attached hydrogens (primary N) is 1. The van der Waals surface area contributed by atoms with Gasteiger partial charge in [0.05, 0.1) is 22.7 Å². The average molecular weight is 676 g/mol. The van der Waals surface area contributed by atoms with Gasteiger partial charge in [0, 0.05) is 36.8 Å². The van der Waals surface area contributed by atoms with Crippen LogP contribution in [0, 0.1) is 6.92 Å². The van der Waals surface area contributed by atoms with Crippen LogP contribution in [0.5, 0.6) is 0 Å². The van der Waals surface area contributed by atoms with E-state index in [1.807, 2.05) is 12.1 Å². The molecule has 3 fully saturated rings. The third-order valence-corrected chi connectivity index (χ3v) is 12.5. The second kappa shape index (κ2) is 12.6. The van der Waals surface area contributed by atoms with Crippen molar-refractivity contribution in [3.63, 3.8) is 0 Å². The maximum absolute atomic E-state index is 13.6. The summed E-state index contributed by atoms with van der Waals surface area (Å²) in [6.45, 7) is 4.17. The van der Waals surface area contributed by atoms with Gasteiger partial charge in [-0.05, 0) is 105 Å². The molecule has 3 N–H and O–H groups in total. The molecule has 3 saturated heterocycles. The highest BCUT2D eigenvalue weighted by Crippen LogP contribution is 2.45. The van der Waals surface area contributed by atoms with Crippen molar-refractivity contribution in [2.75, 3.05) is 19.6 Å². The van der Waals surface area contributed by atoms with E-state index in [9.17, 15) is 18.3 Å². The summed E-state index contributed by atoms with van der Waals surface area (Å²) in [5.74, 6) is 0.860. The molecular formula is C36H42ClN5O4S. The molecule has 3 aliphatic heterocycles. The van der Waals surface area contributed by atoms with E-state index in [0.29, 0.717) is 31.2 Å². The summed E-state index contributed by atoms with van der Waals surface area (Å²) < 4.78 is 26.6. The van der Waals surface area contributed by atoms with Crippen LogP contribution in [0.2, 0.25) is 5.02 Å². The van der Waals surface area contributed by atoms with Crippen LogP contribution in [-0.2, 0) is 22.0 Å². The number of aryl methyl sites for hydroxylation is 1. The molecule has 3 aromatic carbocycles. The molecule has 4 aromatic rings. The van der Waals surface area contributed by atoms with E-state index in [1.165, 1.54) is 36.1 Å². The Morgan fingerprint density at radius 2 is 1.72 bits per heavy atom. The van der Waals surface area contributed by atoms with Gasteiger partial charge in [0.1, 0.15) is 10.7 Å². The lowest BCUT2D eigenvalue weighted by Gasteiger charge is -2.46. The Hall–Kier alpha value is -3.28. The fourth-order valence-electron chi connectivity index (χ4n) is 8.65. The lowest BCUT2D eigenvalue weighted by atomic mass is 9.69. The second-order valence-electron chi connectivity index (χ2n) is 13.6. The number of fused-ring (bicyclic) bond motifs is 3. The van der Waals surface area contributed by atoms with Gasteiger partial charge >= 0.3 is 0 Å². The molecule has 0 radical (unpaired) electrons. The minimum absolute atomic E-state index is 0.00279. The molecule has 7 rings (SSSR count). The first kappa shape index (κ1) is 32.3. The smallest absolute Gasteiger partial charge is 0.253 e. The van der Waals surface area contributed by atoms with Crippen LogP contribution in [0.15, 0.2) is 71.6 Å². The number of aliphatic hydroxyl groups is 1. The number of nitrogens with zero attached hydrogens (tertiary/aromatic N) is 4. The zero-order valence-corrected chi connectivity index (χ0v) is 28.3. The molecule has 1 amide bonds. The lowest BCUT2D eigenvalue weighted by molar-refractivity contribution is 0.0606. The summed E-state index contributed by atoms with van der Waals surface area (Å²) in [5, 5.41) is 15.3. The van der Waals surface area contributed by atoms with Crippen molar-refractivity contribution in [2.45, 2.75) is 86.9 Å². The van der Waals surface area contributed by atoms with Crippen molar-refractivity contribution in [3.8, 4) is 0 Å². The SMILES string of the molecule is Cc1nc2ccccc2n1C1C[C@H]2CC[C@@H](C1)N2CCC1(c2cccc(CO)c2)CCN(C(=O)c2ccc(Cl)c(S(N)(=O)=O)c2)CC1. The Labute approximate surface area is 281 Å². The standard InChI is InChI=1S/C36H42ClN5O4S/c1-24-39-32-7-2-3-8-33(32)42(24)30-21-28-10-11-29(22-30)41(28)18-15-36(27-6-4-5-25(19-27)23-43)13-16-40(17-14-36)35(44)26-9-12-31(37)34(20-26)47(38,45)46/h2-9,12,19-20,28-30,43H,10-11,13-18,21-23H2,1H3,(H2,38,45,46)/t28-,29+,30?. The number of primary sulfonamides is 1. The molecule has 47 heavy (non-hydrogen) atoms. The predicted octanol–water partition coefficient (Wildman–Crippen LogP) is 5.57. The Morgan fingerprint density at radius 3 is 2.43 bits per heavy atom. The van der Waals surface area contributed by atoms with E-state index in [0.717, 1.165) is 55.6 Å². The molecular weight excluding hydrogens is 634 g/mol. The maximum Gasteiger partial charge on any atom is 0.253 e. The number of hydrogen-bond acceptors (Lipinski definition) is 6. The largest absolute Gasteiger partial charge is 0.392 e. The van der Waals surface area contributed by atoms with Crippen LogP contribution in [0.3, 0.4) is 0 Å². The number of benzene rings is 3. The highest BCUT2D eigenvalue weighted by molar-refractivity contribution is 7.89. The van der Waals surface area contributed by atoms with Gasteiger partial charge in [-0.3, -0.25) is 9.69 Å². The summed E-state index contributed by atoms with van der Waals surface area (Å²) >= 11 is 6.08. The Kier molecular flexibility index (Phi) is 8.68. The molecule has 248 valence electrons.